The smallest absolute Gasteiger partial charge is 0.255 e. The van der Waals surface area contributed by atoms with Gasteiger partial charge in [-0.05, 0) is 36.3 Å². The Balaban J connectivity index is 1.85. The van der Waals surface area contributed by atoms with Gasteiger partial charge in [-0.15, -0.1) is 0 Å². The first kappa shape index (κ1) is 13.8. The first-order valence-electron chi connectivity index (χ1n) is 6.56. The summed E-state index contributed by atoms with van der Waals surface area (Å²) in [4.78, 5) is 13.8. The van der Waals surface area contributed by atoms with Gasteiger partial charge in [0.1, 0.15) is 11.6 Å². The first-order chi connectivity index (χ1) is 9.51. The van der Waals surface area contributed by atoms with Crippen LogP contribution < -0.4 is 0 Å². The van der Waals surface area contributed by atoms with Gasteiger partial charge in [-0.1, -0.05) is 0 Å². The molecule has 1 fully saturated rings. The van der Waals surface area contributed by atoms with Gasteiger partial charge in [0.2, 0.25) is 0 Å². The Morgan fingerprint density at radius 1 is 1.30 bits per heavy atom. The molecule has 108 valence electrons. The van der Waals surface area contributed by atoms with Gasteiger partial charge in [-0.3, -0.25) is 4.79 Å². The van der Waals surface area contributed by atoms with Crippen LogP contribution in [0, 0.1) is 11.6 Å². The molecule has 0 spiro atoms. The second kappa shape index (κ2) is 5.00. The second-order valence-electron chi connectivity index (χ2n) is 5.30. The molecule has 1 amide bonds. The van der Waals surface area contributed by atoms with E-state index in [-0.39, 0.29) is 24.4 Å². The zero-order valence-electron chi connectivity index (χ0n) is 10.9. The Bertz CT molecular complexity index is 558. The highest BCUT2D eigenvalue weighted by Gasteiger charge is 2.43. The lowest BCUT2D eigenvalue weighted by Gasteiger charge is -2.34. The minimum atomic E-state index is -1.34. The van der Waals surface area contributed by atoms with Crippen LogP contribution in [-0.2, 0) is 17.8 Å². The van der Waals surface area contributed by atoms with E-state index in [1.807, 2.05) is 0 Å². The molecular formula is C14H15F2NO2S. The molecule has 1 atom stereocenters. The van der Waals surface area contributed by atoms with E-state index >= 15 is 0 Å². The molecule has 0 aromatic heterocycles. The van der Waals surface area contributed by atoms with Crippen molar-refractivity contribution >= 4 is 17.7 Å². The van der Waals surface area contributed by atoms with E-state index in [2.05, 4.69) is 0 Å². The minimum Gasteiger partial charge on any atom is -0.379 e. The van der Waals surface area contributed by atoms with Crippen LogP contribution in [0.4, 0.5) is 8.78 Å². The predicted octanol–water partition coefficient (Wildman–Crippen LogP) is 1.72. The van der Waals surface area contributed by atoms with Gasteiger partial charge in [0, 0.05) is 24.4 Å². The molecule has 2 heterocycles. The summed E-state index contributed by atoms with van der Waals surface area (Å²) in [7, 11) is 0. The van der Waals surface area contributed by atoms with Crippen LogP contribution in [0.1, 0.15) is 17.5 Å². The average molecular weight is 299 g/mol. The highest BCUT2D eigenvalue weighted by Crippen LogP contribution is 2.32. The SMILES string of the molecule is O=C(N1CCc2c(F)ccc(F)c2C1)C1(O)CCSC1. The fourth-order valence-electron chi connectivity index (χ4n) is 2.78. The van der Waals surface area contributed by atoms with Crippen LogP contribution in [0.5, 0.6) is 0 Å². The first-order valence-corrected chi connectivity index (χ1v) is 7.72. The van der Waals surface area contributed by atoms with Crippen LogP contribution in [-0.4, -0.2) is 39.6 Å². The molecule has 0 saturated carbocycles. The topological polar surface area (TPSA) is 40.5 Å². The Labute approximate surface area is 120 Å². The lowest BCUT2D eigenvalue weighted by molar-refractivity contribution is -0.149. The molecule has 2 aliphatic heterocycles. The zero-order valence-corrected chi connectivity index (χ0v) is 11.7. The highest BCUT2D eigenvalue weighted by molar-refractivity contribution is 7.99. The number of aliphatic hydroxyl groups is 1. The van der Waals surface area contributed by atoms with Crippen LogP contribution in [0.25, 0.3) is 0 Å². The number of fused-ring (bicyclic) bond motifs is 1. The number of halogens is 2. The number of hydrogen-bond acceptors (Lipinski definition) is 3. The average Bonchev–Trinajstić information content (AvgIpc) is 2.90. The maximum atomic E-state index is 13.8. The van der Waals surface area contributed by atoms with Crippen molar-refractivity contribution in [2.75, 3.05) is 18.1 Å². The van der Waals surface area contributed by atoms with E-state index < -0.39 is 17.2 Å². The van der Waals surface area contributed by atoms with E-state index in [9.17, 15) is 18.7 Å². The van der Waals surface area contributed by atoms with Crippen LogP contribution in [0.2, 0.25) is 0 Å². The number of rotatable bonds is 1. The Morgan fingerprint density at radius 3 is 2.65 bits per heavy atom. The zero-order chi connectivity index (χ0) is 14.3. The quantitative estimate of drug-likeness (QED) is 0.858. The Hall–Kier alpha value is -1.14. The Morgan fingerprint density at radius 2 is 2.00 bits per heavy atom. The van der Waals surface area contributed by atoms with E-state index in [0.29, 0.717) is 24.3 Å². The van der Waals surface area contributed by atoms with E-state index in [0.717, 1.165) is 17.9 Å². The molecule has 3 nitrogen and oxygen atoms in total. The lowest BCUT2D eigenvalue weighted by atomic mass is 9.95. The van der Waals surface area contributed by atoms with Crippen LogP contribution >= 0.6 is 11.8 Å². The fourth-order valence-corrected chi connectivity index (χ4v) is 4.02. The summed E-state index contributed by atoms with van der Waals surface area (Å²) in [5.41, 5.74) is -0.757. The van der Waals surface area contributed by atoms with Crippen LogP contribution in [0.3, 0.4) is 0 Å². The molecule has 1 saturated heterocycles. The molecule has 0 bridgehead atoms. The third kappa shape index (κ3) is 2.20. The van der Waals surface area contributed by atoms with Crippen molar-refractivity contribution < 1.29 is 18.7 Å². The molecular weight excluding hydrogens is 284 g/mol. The van der Waals surface area contributed by atoms with Crippen molar-refractivity contribution in [2.24, 2.45) is 0 Å². The van der Waals surface area contributed by atoms with Crippen molar-refractivity contribution in [1.82, 2.24) is 4.90 Å². The predicted molar refractivity (Wildman–Crippen MR) is 72.4 cm³/mol. The monoisotopic (exact) mass is 299 g/mol. The van der Waals surface area contributed by atoms with Crippen molar-refractivity contribution in [2.45, 2.75) is 25.0 Å². The highest BCUT2D eigenvalue weighted by atomic mass is 32.2. The molecule has 1 unspecified atom stereocenters. The van der Waals surface area contributed by atoms with E-state index in [1.54, 1.807) is 0 Å². The molecule has 20 heavy (non-hydrogen) atoms. The maximum absolute atomic E-state index is 13.8. The molecule has 0 radical (unpaired) electrons. The second-order valence-corrected chi connectivity index (χ2v) is 6.40. The molecule has 1 aromatic rings. The summed E-state index contributed by atoms with van der Waals surface area (Å²) in [6.07, 6.45) is 0.708. The number of hydrogen-bond donors (Lipinski definition) is 1. The maximum Gasteiger partial charge on any atom is 0.255 e. The van der Waals surface area contributed by atoms with Gasteiger partial charge >= 0.3 is 0 Å². The summed E-state index contributed by atoms with van der Waals surface area (Å²) in [5.74, 6) is -0.164. The van der Waals surface area contributed by atoms with Crippen molar-refractivity contribution in [3.05, 3.63) is 34.9 Å². The molecule has 3 rings (SSSR count). The number of thioether (sulfide) groups is 1. The summed E-state index contributed by atoms with van der Waals surface area (Å²) < 4.78 is 27.4. The third-order valence-corrected chi connectivity index (χ3v) is 5.16. The van der Waals surface area contributed by atoms with Crippen LogP contribution in [0.15, 0.2) is 12.1 Å². The van der Waals surface area contributed by atoms with Gasteiger partial charge in [0.15, 0.2) is 5.60 Å². The van der Waals surface area contributed by atoms with Gasteiger partial charge < -0.3 is 10.0 Å². The fraction of sp³-hybridized carbons (Fsp3) is 0.500. The number of carbonyl (C=O) groups is 1. The van der Waals surface area contributed by atoms with Gasteiger partial charge in [-0.2, -0.15) is 11.8 Å². The number of amides is 1. The number of benzene rings is 1. The number of nitrogens with zero attached hydrogens (tertiary/aromatic N) is 1. The summed E-state index contributed by atoms with van der Waals surface area (Å²) >= 11 is 1.53. The molecule has 6 heteroatoms. The van der Waals surface area contributed by atoms with Gasteiger partial charge in [0.05, 0.1) is 0 Å². The molecule has 1 N–H and O–H groups in total. The van der Waals surface area contributed by atoms with Gasteiger partial charge in [-0.25, -0.2) is 8.78 Å². The third-order valence-electron chi connectivity index (χ3n) is 3.98. The molecule has 1 aromatic carbocycles. The largest absolute Gasteiger partial charge is 0.379 e. The van der Waals surface area contributed by atoms with Crippen molar-refractivity contribution in [3.8, 4) is 0 Å². The van der Waals surface area contributed by atoms with E-state index in [4.69, 9.17) is 0 Å². The number of carbonyl (C=O) groups excluding carboxylic acids is 1. The molecule has 0 aliphatic carbocycles. The summed E-state index contributed by atoms with van der Waals surface area (Å²) in [6.45, 7) is 0.351. The van der Waals surface area contributed by atoms with Crippen molar-refractivity contribution in [3.63, 3.8) is 0 Å². The van der Waals surface area contributed by atoms with E-state index in [1.165, 1.54) is 16.7 Å². The standard InChI is InChI=1S/C14H15F2NO2S/c15-11-1-2-12(16)10-7-17(5-3-9(10)11)13(18)14(19)4-6-20-8-14/h1-2,19H,3-8H2. The Kier molecular flexibility index (Phi) is 3.46. The van der Waals surface area contributed by atoms with Crippen molar-refractivity contribution in [1.29, 1.82) is 0 Å². The lowest BCUT2D eigenvalue weighted by Crippen LogP contribution is -2.50. The molecule has 2 aliphatic rings. The van der Waals surface area contributed by atoms with Gasteiger partial charge in [0.25, 0.3) is 5.91 Å². The minimum absolute atomic E-state index is 0.0325. The normalized spacial score (nSPS) is 25.6. The summed E-state index contributed by atoms with van der Waals surface area (Å²) in [5, 5.41) is 10.3. The summed E-state index contributed by atoms with van der Waals surface area (Å²) in [6, 6.07) is 2.20.